The number of halogens is 2. The topological polar surface area (TPSA) is 22.8 Å². The average Bonchev–Trinajstić information content (AvgIpc) is 3.35. The predicted octanol–water partition coefficient (Wildman–Crippen LogP) is 6.41. The van der Waals surface area contributed by atoms with E-state index in [2.05, 4.69) is 17.2 Å². The first kappa shape index (κ1) is 16.9. The van der Waals surface area contributed by atoms with E-state index in [-0.39, 0.29) is 5.02 Å². The maximum atomic E-state index is 15.1. The zero-order chi connectivity index (χ0) is 18.5. The zero-order valence-corrected chi connectivity index (χ0v) is 16.3. The first-order valence-electron chi connectivity index (χ1n) is 8.90. The van der Waals surface area contributed by atoms with Gasteiger partial charge in [0.15, 0.2) is 5.82 Å². The van der Waals surface area contributed by atoms with Crippen molar-refractivity contribution >= 4 is 34.3 Å². The molecular weight excluding hydrogens is 381 g/mol. The number of nitrogens with zero attached hydrogens (tertiary/aromatic N) is 3. The zero-order valence-electron chi connectivity index (χ0n) is 14.7. The molecular formula is C21H17ClFN3S. The van der Waals surface area contributed by atoms with Crippen molar-refractivity contribution in [3.8, 4) is 5.69 Å². The van der Waals surface area contributed by atoms with E-state index in [0.717, 1.165) is 39.4 Å². The maximum Gasteiger partial charge on any atom is 0.166 e. The van der Waals surface area contributed by atoms with Gasteiger partial charge < -0.3 is 4.57 Å². The van der Waals surface area contributed by atoms with Crippen LogP contribution in [0.3, 0.4) is 0 Å². The van der Waals surface area contributed by atoms with Crippen LogP contribution in [0, 0.1) is 12.7 Å². The van der Waals surface area contributed by atoms with Crippen LogP contribution in [0.25, 0.3) is 16.6 Å². The van der Waals surface area contributed by atoms with Crippen molar-refractivity contribution < 1.29 is 4.39 Å². The van der Waals surface area contributed by atoms with Gasteiger partial charge in [0, 0.05) is 27.1 Å². The minimum Gasteiger partial charge on any atom is -0.307 e. The molecule has 0 aliphatic heterocycles. The quantitative estimate of drug-likeness (QED) is 0.397. The van der Waals surface area contributed by atoms with E-state index in [4.69, 9.17) is 11.6 Å². The summed E-state index contributed by atoms with van der Waals surface area (Å²) in [4.78, 5) is 2.15. The highest BCUT2D eigenvalue weighted by molar-refractivity contribution is 7.99. The lowest BCUT2D eigenvalue weighted by molar-refractivity contribution is 0.634. The Labute approximate surface area is 165 Å². The minimum atomic E-state index is -0.392. The molecule has 0 radical (unpaired) electrons. The third-order valence-corrected chi connectivity index (χ3v) is 6.45. The van der Waals surface area contributed by atoms with Crippen LogP contribution in [0.4, 0.5) is 4.39 Å². The summed E-state index contributed by atoms with van der Waals surface area (Å²) in [6, 6.07) is 14.1. The van der Waals surface area contributed by atoms with Gasteiger partial charge in [0.1, 0.15) is 0 Å². The number of hydrogen-bond donors (Lipinski definition) is 0. The molecule has 2 aromatic carbocycles. The monoisotopic (exact) mass is 397 g/mol. The molecule has 0 saturated heterocycles. The average molecular weight is 398 g/mol. The van der Waals surface area contributed by atoms with E-state index in [1.165, 1.54) is 0 Å². The molecule has 0 bridgehead atoms. The molecule has 1 saturated carbocycles. The Kier molecular flexibility index (Phi) is 4.02. The van der Waals surface area contributed by atoms with Gasteiger partial charge in [-0.15, -0.1) is 0 Å². The third kappa shape index (κ3) is 2.86. The van der Waals surface area contributed by atoms with E-state index in [1.807, 2.05) is 52.8 Å². The minimum absolute atomic E-state index is 0.132. The molecule has 27 heavy (non-hydrogen) atoms. The second kappa shape index (κ2) is 6.43. The molecule has 0 N–H and O–H groups in total. The molecule has 136 valence electrons. The standard InChI is InChI=1S/C21H17ClFN3S/c1-13-21(27-16-5-3-2-4-6-16)17-9-10-18(22)19(23)20(17)26(13)15-11-24-25(12-15)14-7-8-14/h2-6,9-12,14H,7-8H2,1H3. The summed E-state index contributed by atoms with van der Waals surface area (Å²) in [5.41, 5.74) is 2.36. The molecule has 1 aliphatic carbocycles. The normalized spacial score (nSPS) is 14.2. The van der Waals surface area contributed by atoms with Gasteiger partial charge in [-0.25, -0.2) is 4.39 Å². The highest BCUT2D eigenvalue weighted by Gasteiger charge is 2.26. The molecule has 0 atom stereocenters. The molecule has 6 heteroatoms. The smallest absolute Gasteiger partial charge is 0.166 e. The van der Waals surface area contributed by atoms with Crippen LogP contribution in [0.5, 0.6) is 0 Å². The van der Waals surface area contributed by atoms with Gasteiger partial charge >= 0.3 is 0 Å². The Balaban J connectivity index is 1.73. The van der Waals surface area contributed by atoms with Crippen LogP contribution in [0.2, 0.25) is 5.02 Å². The van der Waals surface area contributed by atoms with Crippen LogP contribution in [0.15, 0.2) is 64.6 Å². The van der Waals surface area contributed by atoms with Crippen LogP contribution in [-0.2, 0) is 0 Å². The Morgan fingerprint density at radius 2 is 1.93 bits per heavy atom. The highest BCUT2D eigenvalue weighted by atomic mass is 35.5. The van der Waals surface area contributed by atoms with E-state index in [0.29, 0.717) is 11.6 Å². The van der Waals surface area contributed by atoms with Crippen molar-refractivity contribution in [3.63, 3.8) is 0 Å². The van der Waals surface area contributed by atoms with Gasteiger partial charge in [-0.3, -0.25) is 4.68 Å². The Morgan fingerprint density at radius 1 is 1.15 bits per heavy atom. The third-order valence-electron chi connectivity index (χ3n) is 4.93. The largest absolute Gasteiger partial charge is 0.307 e. The lowest BCUT2D eigenvalue weighted by Crippen LogP contribution is -1.98. The Morgan fingerprint density at radius 3 is 2.67 bits per heavy atom. The molecule has 1 fully saturated rings. The van der Waals surface area contributed by atoms with Crippen LogP contribution >= 0.6 is 23.4 Å². The molecule has 3 nitrogen and oxygen atoms in total. The van der Waals surface area contributed by atoms with Crippen molar-refractivity contribution in [2.75, 3.05) is 0 Å². The molecule has 2 aromatic heterocycles. The summed E-state index contributed by atoms with van der Waals surface area (Å²) in [5, 5.41) is 5.48. The number of aromatic nitrogens is 3. The predicted molar refractivity (Wildman–Crippen MR) is 108 cm³/mol. The molecule has 4 aromatic rings. The van der Waals surface area contributed by atoms with Crippen LogP contribution in [0.1, 0.15) is 24.6 Å². The van der Waals surface area contributed by atoms with Gasteiger partial charge in [-0.05, 0) is 44.0 Å². The van der Waals surface area contributed by atoms with E-state index >= 15 is 4.39 Å². The fourth-order valence-electron chi connectivity index (χ4n) is 3.45. The van der Waals surface area contributed by atoms with Gasteiger partial charge in [0.2, 0.25) is 0 Å². The van der Waals surface area contributed by atoms with Crippen molar-refractivity contribution in [2.45, 2.75) is 35.6 Å². The Bertz CT molecular complexity index is 1150. The van der Waals surface area contributed by atoms with E-state index in [9.17, 15) is 0 Å². The van der Waals surface area contributed by atoms with Crippen LogP contribution < -0.4 is 0 Å². The number of benzene rings is 2. The second-order valence-corrected chi connectivity index (χ2v) is 8.32. The molecule has 5 rings (SSSR count). The van der Waals surface area contributed by atoms with Crippen LogP contribution in [-0.4, -0.2) is 14.3 Å². The van der Waals surface area contributed by atoms with Crippen molar-refractivity contribution in [1.82, 2.24) is 14.3 Å². The highest BCUT2D eigenvalue weighted by Crippen LogP contribution is 2.42. The lowest BCUT2D eigenvalue weighted by atomic mass is 10.2. The van der Waals surface area contributed by atoms with Gasteiger partial charge in [0.25, 0.3) is 0 Å². The molecule has 1 aliphatic rings. The number of rotatable bonds is 4. The Hall–Kier alpha value is -2.24. The summed E-state index contributed by atoms with van der Waals surface area (Å²) < 4.78 is 19.0. The first-order valence-corrected chi connectivity index (χ1v) is 10.1. The summed E-state index contributed by atoms with van der Waals surface area (Å²) in [6.45, 7) is 2.02. The van der Waals surface area contributed by atoms with Gasteiger partial charge in [0.05, 0.1) is 28.5 Å². The van der Waals surface area contributed by atoms with Gasteiger partial charge in [-0.2, -0.15) is 5.10 Å². The van der Waals surface area contributed by atoms with Crippen molar-refractivity contribution in [2.24, 2.45) is 0 Å². The maximum absolute atomic E-state index is 15.1. The fraction of sp³-hybridized carbons (Fsp3) is 0.190. The molecule has 2 heterocycles. The van der Waals surface area contributed by atoms with Gasteiger partial charge in [-0.1, -0.05) is 41.6 Å². The summed E-state index contributed by atoms with van der Waals surface area (Å²) in [6.07, 6.45) is 6.12. The second-order valence-electron chi connectivity index (χ2n) is 6.83. The van der Waals surface area contributed by atoms with E-state index < -0.39 is 5.82 Å². The summed E-state index contributed by atoms with van der Waals surface area (Å²) >= 11 is 7.76. The molecule has 0 amide bonds. The lowest BCUT2D eigenvalue weighted by Gasteiger charge is -2.07. The SMILES string of the molecule is Cc1c(Sc2ccccc2)c2ccc(Cl)c(F)c2n1-c1cnn(C2CC2)c1. The summed E-state index contributed by atoms with van der Waals surface area (Å²) in [5.74, 6) is -0.392. The van der Waals surface area contributed by atoms with E-state index in [1.54, 1.807) is 17.8 Å². The summed E-state index contributed by atoms with van der Waals surface area (Å²) in [7, 11) is 0. The van der Waals surface area contributed by atoms with Crippen molar-refractivity contribution in [1.29, 1.82) is 0 Å². The van der Waals surface area contributed by atoms with Crippen molar-refractivity contribution in [3.05, 3.63) is 71.4 Å². The number of fused-ring (bicyclic) bond motifs is 1. The molecule has 0 unspecified atom stereocenters. The molecule has 0 spiro atoms. The number of hydrogen-bond acceptors (Lipinski definition) is 2. The fourth-order valence-corrected chi connectivity index (χ4v) is 4.64. The first-order chi connectivity index (χ1) is 13.1.